The Morgan fingerprint density at radius 2 is 2.11 bits per heavy atom. The number of carbonyl (C=O) groups is 2. The van der Waals surface area contributed by atoms with Gasteiger partial charge >= 0.3 is 0 Å². The zero-order valence-corrected chi connectivity index (χ0v) is 10.7. The van der Waals surface area contributed by atoms with Crippen LogP contribution in [0.3, 0.4) is 0 Å². The van der Waals surface area contributed by atoms with Crippen molar-refractivity contribution in [2.45, 2.75) is 12.8 Å². The van der Waals surface area contributed by atoms with Crippen LogP contribution in [0.15, 0.2) is 18.2 Å². The van der Waals surface area contributed by atoms with E-state index in [1.54, 1.807) is 4.90 Å². The first-order valence-electron chi connectivity index (χ1n) is 6.67. The second-order valence-electron chi connectivity index (χ2n) is 4.98. The second-order valence-corrected chi connectivity index (χ2v) is 4.98. The van der Waals surface area contributed by atoms with Gasteiger partial charge in [-0.05, 0) is 36.6 Å². The summed E-state index contributed by atoms with van der Waals surface area (Å²) >= 11 is 0. The van der Waals surface area contributed by atoms with Gasteiger partial charge in [-0.1, -0.05) is 0 Å². The Bertz CT molecular complexity index is 527. The maximum Gasteiger partial charge on any atom is 0.254 e. The lowest BCUT2D eigenvalue weighted by molar-refractivity contribution is -0.123. The zero-order valence-electron chi connectivity index (χ0n) is 10.7. The molecule has 19 heavy (non-hydrogen) atoms. The molecular weight excluding hydrogens is 242 g/mol. The number of benzene rings is 1. The number of aryl methyl sites for hydroxylation is 1. The monoisotopic (exact) mass is 259 g/mol. The molecule has 0 aromatic heterocycles. The Hall–Kier alpha value is -2.04. The lowest BCUT2D eigenvalue weighted by atomic mass is 10.0. The van der Waals surface area contributed by atoms with Crippen LogP contribution in [0, 0.1) is 0 Å². The smallest absolute Gasteiger partial charge is 0.254 e. The average Bonchev–Trinajstić information content (AvgIpc) is 2.46. The summed E-state index contributed by atoms with van der Waals surface area (Å²) in [6.45, 7) is 2.28. The first-order valence-corrected chi connectivity index (χ1v) is 6.67. The Labute approximate surface area is 112 Å². The van der Waals surface area contributed by atoms with Crippen LogP contribution < -0.4 is 10.6 Å². The summed E-state index contributed by atoms with van der Waals surface area (Å²) in [5.74, 6) is -0.137. The Balaban J connectivity index is 1.81. The van der Waals surface area contributed by atoms with Gasteiger partial charge in [-0.15, -0.1) is 0 Å². The fourth-order valence-corrected chi connectivity index (χ4v) is 2.60. The highest BCUT2D eigenvalue weighted by Gasteiger charge is 2.23. The van der Waals surface area contributed by atoms with E-state index in [4.69, 9.17) is 0 Å². The lowest BCUT2D eigenvalue weighted by Gasteiger charge is -2.27. The summed E-state index contributed by atoms with van der Waals surface area (Å²) in [5.41, 5.74) is 3.00. The average molecular weight is 259 g/mol. The highest BCUT2D eigenvalue weighted by Crippen LogP contribution is 2.23. The van der Waals surface area contributed by atoms with E-state index < -0.39 is 0 Å². The van der Waals surface area contributed by atoms with Gasteiger partial charge in [0.2, 0.25) is 5.91 Å². The van der Waals surface area contributed by atoms with Gasteiger partial charge in [0, 0.05) is 30.9 Å². The van der Waals surface area contributed by atoms with E-state index in [2.05, 4.69) is 10.6 Å². The van der Waals surface area contributed by atoms with Crippen LogP contribution in [0.25, 0.3) is 0 Å². The molecule has 0 spiro atoms. The van der Waals surface area contributed by atoms with Gasteiger partial charge in [-0.25, -0.2) is 0 Å². The van der Waals surface area contributed by atoms with E-state index >= 15 is 0 Å². The number of amides is 2. The molecule has 1 saturated heterocycles. The van der Waals surface area contributed by atoms with E-state index in [-0.39, 0.29) is 18.4 Å². The summed E-state index contributed by atoms with van der Waals surface area (Å²) in [6.07, 6.45) is 2.10. The topological polar surface area (TPSA) is 61.4 Å². The van der Waals surface area contributed by atoms with E-state index in [1.807, 2.05) is 18.2 Å². The molecule has 2 aliphatic rings. The minimum atomic E-state index is -0.0840. The molecule has 0 radical (unpaired) electrons. The molecule has 0 aliphatic carbocycles. The van der Waals surface area contributed by atoms with Crippen molar-refractivity contribution < 1.29 is 9.59 Å². The molecule has 1 aromatic carbocycles. The van der Waals surface area contributed by atoms with E-state index in [1.165, 1.54) is 5.56 Å². The van der Waals surface area contributed by atoms with Gasteiger partial charge in [0.05, 0.1) is 6.54 Å². The summed E-state index contributed by atoms with van der Waals surface area (Å²) in [5, 5.41) is 6.05. The number of piperazine rings is 1. The number of carbonyl (C=O) groups excluding carboxylic acids is 2. The first-order chi connectivity index (χ1) is 9.24. The van der Waals surface area contributed by atoms with E-state index in [0.29, 0.717) is 18.7 Å². The molecule has 1 fully saturated rings. The molecule has 5 nitrogen and oxygen atoms in total. The Kier molecular flexibility index (Phi) is 3.11. The predicted molar refractivity (Wildman–Crippen MR) is 72.2 cm³/mol. The molecule has 100 valence electrons. The first kappa shape index (κ1) is 12.0. The quantitative estimate of drug-likeness (QED) is 0.777. The molecule has 2 heterocycles. The maximum absolute atomic E-state index is 12.4. The standard InChI is InChI=1S/C14H17N3O2/c18-13-9-17(7-6-16-13)14(19)11-3-4-12-10(8-11)2-1-5-15-12/h3-4,8,15H,1-2,5-7,9H2,(H,16,18). The fraction of sp³-hybridized carbons (Fsp3) is 0.429. The van der Waals surface area contributed by atoms with Crippen LogP contribution >= 0.6 is 0 Å². The van der Waals surface area contributed by atoms with Gasteiger partial charge in [0.25, 0.3) is 5.91 Å². The Morgan fingerprint density at radius 1 is 1.21 bits per heavy atom. The van der Waals surface area contributed by atoms with Gasteiger partial charge in [0.15, 0.2) is 0 Å². The van der Waals surface area contributed by atoms with Crippen molar-refractivity contribution >= 4 is 17.5 Å². The number of fused-ring (bicyclic) bond motifs is 1. The van der Waals surface area contributed by atoms with Crippen molar-refractivity contribution in [3.05, 3.63) is 29.3 Å². The molecule has 0 unspecified atom stereocenters. The molecule has 3 rings (SSSR count). The lowest BCUT2D eigenvalue weighted by Crippen LogP contribution is -2.50. The number of nitrogens with one attached hydrogen (secondary N) is 2. The molecule has 0 saturated carbocycles. The van der Waals surface area contributed by atoms with Crippen molar-refractivity contribution in [1.82, 2.24) is 10.2 Å². The third-order valence-corrected chi connectivity index (χ3v) is 3.62. The molecule has 0 atom stereocenters. The number of hydrogen-bond donors (Lipinski definition) is 2. The molecule has 0 bridgehead atoms. The molecule has 2 amide bonds. The van der Waals surface area contributed by atoms with Crippen LogP contribution in [0.4, 0.5) is 5.69 Å². The Morgan fingerprint density at radius 3 is 2.95 bits per heavy atom. The number of hydrogen-bond acceptors (Lipinski definition) is 3. The van der Waals surface area contributed by atoms with Crippen molar-refractivity contribution in [3.63, 3.8) is 0 Å². The summed E-state index contributed by atoms with van der Waals surface area (Å²) in [4.78, 5) is 25.3. The van der Waals surface area contributed by atoms with E-state index in [0.717, 1.165) is 25.1 Å². The highest BCUT2D eigenvalue weighted by atomic mass is 16.2. The van der Waals surface area contributed by atoms with Gasteiger partial charge in [-0.3, -0.25) is 9.59 Å². The van der Waals surface area contributed by atoms with Crippen LogP contribution in [0.2, 0.25) is 0 Å². The number of rotatable bonds is 1. The summed E-state index contributed by atoms with van der Waals surface area (Å²) in [6, 6.07) is 5.76. The number of nitrogens with zero attached hydrogens (tertiary/aromatic N) is 1. The molecule has 5 heteroatoms. The highest BCUT2D eigenvalue weighted by molar-refractivity contribution is 5.97. The number of anilines is 1. The van der Waals surface area contributed by atoms with Gasteiger partial charge < -0.3 is 15.5 Å². The maximum atomic E-state index is 12.4. The van der Waals surface area contributed by atoms with Gasteiger partial charge in [-0.2, -0.15) is 0 Å². The fourth-order valence-electron chi connectivity index (χ4n) is 2.60. The molecule has 2 aliphatic heterocycles. The SMILES string of the molecule is O=C1CN(C(=O)c2ccc3c(c2)CCCN3)CCN1. The molecule has 1 aromatic rings. The van der Waals surface area contributed by atoms with Crippen molar-refractivity contribution in [1.29, 1.82) is 0 Å². The third-order valence-electron chi connectivity index (χ3n) is 3.62. The third kappa shape index (κ3) is 2.41. The predicted octanol–water partition coefficient (Wildman–Crippen LogP) is 0.617. The van der Waals surface area contributed by atoms with Crippen LogP contribution in [0.1, 0.15) is 22.3 Å². The zero-order chi connectivity index (χ0) is 13.2. The van der Waals surface area contributed by atoms with E-state index in [9.17, 15) is 9.59 Å². The second kappa shape index (κ2) is 4.91. The van der Waals surface area contributed by atoms with Crippen LogP contribution in [0.5, 0.6) is 0 Å². The van der Waals surface area contributed by atoms with Crippen LogP contribution in [-0.4, -0.2) is 42.9 Å². The normalized spacial score (nSPS) is 18.3. The minimum Gasteiger partial charge on any atom is -0.385 e. The van der Waals surface area contributed by atoms with Crippen molar-refractivity contribution in [2.75, 3.05) is 31.5 Å². The molecular formula is C14H17N3O2. The molecule has 2 N–H and O–H groups in total. The largest absolute Gasteiger partial charge is 0.385 e. The van der Waals surface area contributed by atoms with Crippen molar-refractivity contribution in [2.24, 2.45) is 0 Å². The minimum absolute atomic E-state index is 0.0526. The van der Waals surface area contributed by atoms with Crippen molar-refractivity contribution in [3.8, 4) is 0 Å². The summed E-state index contributed by atoms with van der Waals surface area (Å²) < 4.78 is 0. The summed E-state index contributed by atoms with van der Waals surface area (Å²) in [7, 11) is 0. The van der Waals surface area contributed by atoms with Crippen LogP contribution in [-0.2, 0) is 11.2 Å². The van der Waals surface area contributed by atoms with Gasteiger partial charge in [0.1, 0.15) is 0 Å².